The minimum atomic E-state index is -0.664. The number of anilines is 1. The Bertz CT molecular complexity index is 1060. The first-order valence-electron chi connectivity index (χ1n) is 8.82. The van der Waals surface area contributed by atoms with Crippen molar-refractivity contribution in [3.8, 4) is 11.1 Å². The molecule has 1 amide bonds. The molecule has 7 heteroatoms. The molecule has 0 aliphatic rings. The summed E-state index contributed by atoms with van der Waals surface area (Å²) in [6.07, 6.45) is 0. The number of amides is 1. The Morgan fingerprint density at radius 3 is 2.41 bits per heavy atom. The standard InChI is InChI=1S/C22H18N2O5/c1-15-11-12-19(20(13-15)24(27)28)23-21(25)14-29-22(26)18-10-6-5-9-17(18)16-7-3-2-4-8-16/h2-13H,14H2,1H3,(H,23,25). The number of nitro groups is 1. The van der Waals surface area contributed by atoms with Crippen LogP contribution >= 0.6 is 0 Å². The molecule has 7 nitrogen and oxygen atoms in total. The number of hydrogen-bond acceptors (Lipinski definition) is 5. The Hall–Kier alpha value is -4.00. The third-order valence-corrected chi connectivity index (χ3v) is 4.19. The van der Waals surface area contributed by atoms with Gasteiger partial charge in [0, 0.05) is 6.07 Å². The van der Waals surface area contributed by atoms with E-state index in [2.05, 4.69) is 5.32 Å². The summed E-state index contributed by atoms with van der Waals surface area (Å²) in [6.45, 7) is 1.15. The second-order valence-corrected chi connectivity index (χ2v) is 6.31. The van der Waals surface area contributed by atoms with Crippen LogP contribution in [0, 0.1) is 17.0 Å². The van der Waals surface area contributed by atoms with Gasteiger partial charge in [-0.05, 0) is 35.7 Å². The van der Waals surface area contributed by atoms with Crippen molar-refractivity contribution in [1.82, 2.24) is 0 Å². The predicted octanol–water partition coefficient (Wildman–Crippen LogP) is 4.37. The third kappa shape index (κ3) is 4.84. The van der Waals surface area contributed by atoms with Crippen molar-refractivity contribution in [2.45, 2.75) is 6.92 Å². The Labute approximate surface area is 167 Å². The summed E-state index contributed by atoms with van der Waals surface area (Å²) in [5.41, 5.74) is 2.38. The van der Waals surface area contributed by atoms with E-state index in [4.69, 9.17) is 4.74 Å². The fourth-order valence-corrected chi connectivity index (χ4v) is 2.82. The van der Waals surface area contributed by atoms with E-state index < -0.39 is 23.4 Å². The molecule has 3 aromatic rings. The summed E-state index contributed by atoms with van der Waals surface area (Å²) in [7, 11) is 0. The van der Waals surface area contributed by atoms with Crippen molar-refractivity contribution in [2.75, 3.05) is 11.9 Å². The molecule has 0 heterocycles. The van der Waals surface area contributed by atoms with Gasteiger partial charge in [0.2, 0.25) is 0 Å². The van der Waals surface area contributed by atoms with Crippen molar-refractivity contribution in [2.24, 2.45) is 0 Å². The van der Waals surface area contributed by atoms with Crippen molar-refractivity contribution < 1.29 is 19.2 Å². The van der Waals surface area contributed by atoms with Gasteiger partial charge in [-0.15, -0.1) is 0 Å². The Morgan fingerprint density at radius 2 is 1.69 bits per heavy atom. The second kappa shape index (κ2) is 8.79. The number of carbonyl (C=O) groups excluding carboxylic acids is 2. The van der Waals surface area contributed by atoms with Crippen molar-refractivity contribution in [3.05, 3.63) is 94.0 Å². The van der Waals surface area contributed by atoms with Crippen LogP contribution < -0.4 is 5.32 Å². The van der Waals surface area contributed by atoms with Crippen molar-refractivity contribution in [3.63, 3.8) is 0 Å². The van der Waals surface area contributed by atoms with Gasteiger partial charge in [-0.2, -0.15) is 0 Å². The fraction of sp³-hybridized carbons (Fsp3) is 0.0909. The average molecular weight is 390 g/mol. The minimum Gasteiger partial charge on any atom is -0.452 e. The molecule has 0 aromatic heterocycles. The lowest BCUT2D eigenvalue weighted by molar-refractivity contribution is -0.384. The van der Waals surface area contributed by atoms with E-state index in [0.29, 0.717) is 16.7 Å². The topological polar surface area (TPSA) is 98.5 Å². The molecule has 3 aromatic carbocycles. The number of nitro benzene ring substituents is 1. The molecular weight excluding hydrogens is 372 g/mol. The summed E-state index contributed by atoms with van der Waals surface area (Å²) in [6, 6.07) is 20.7. The molecule has 1 N–H and O–H groups in total. The van der Waals surface area contributed by atoms with E-state index in [0.717, 1.165) is 5.56 Å². The molecule has 0 bridgehead atoms. The highest BCUT2D eigenvalue weighted by atomic mass is 16.6. The van der Waals surface area contributed by atoms with Crippen LogP contribution in [-0.2, 0) is 9.53 Å². The summed E-state index contributed by atoms with van der Waals surface area (Å²) in [5, 5.41) is 13.6. The molecular formula is C22H18N2O5. The van der Waals surface area contributed by atoms with E-state index in [-0.39, 0.29) is 11.4 Å². The molecule has 29 heavy (non-hydrogen) atoms. The highest BCUT2D eigenvalue weighted by Crippen LogP contribution is 2.26. The number of rotatable bonds is 6. The van der Waals surface area contributed by atoms with Crippen LogP contribution in [0.4, 0.5) is 11.4 Å². The van der Waals surface area contributed by atoms with Crippen LogP contribution in [-0.4, -0.2) is 23.4 Å². The normalized spacial score (nSPS) is 10.2. The lowest BCUT2D eigenvalue weighted by Crippen LogP contribution is -2.21. The molecule has 0 atom stereocenters. The zero-order valence-corrected chi connectivity index (χ0v) is 15.6. The number of ether oxygens (including phenoxy) is 1. The van der Waals surface area contributed by atoms with E-state index in [9.17, 15) is 19.7 Å². The first-order valence-corrected chi connectivity index (χ1v) is 8.82. The number of benzene rings is 3. The van der Waals surface area contributed by atoms with E-state index in [1.165, 1.54) is 12.1 Å². The van der Waals surface area contributed by atoms with Crippen LogP contribution in [0.1, 0.15) is 15.9 Å². The van der Waals surface area contributed by atoms with Crippen LogP contribution in [0.5, 0.6) is 0 Å². The predicted molar refractivity (Wildman–Crippen MR) is 109 cm³/mol. The quantitative estimate of drug-likeness (QED) is 0.383. The summed E-state index contributed by atoms with van der Waals surface area (Å²) in [5.74, 6) is -1.32. The molecule has 0 saturated carbocycles. The molecule has 3 rings (SSSR count). The number of aryl methyl sites for hydroxylation is 1. The molecule has 0 aliphatic carbocycles. The summed E-state index contributed by atoms with van der Waals surface area (Å²) < 4.78 is 5.13. The lowest BCUT2D eigenvalue weighted by Gasteiger charge is -2.10. The molecule has 0 unspecified atom stereocenters. The van der Waals surface area contributed by atoms with Crippen molar-refractivity contribution >= 4 is 23.3 Å². The van der Waals surface area contributed by atoms with Gasteiger partial charge >= 0.3 is 5.97 Å². The zero-order chi connectivity index (χ0) is 20.8. The van der Waals surface area contributed by atoms with Gasteiger partial charge in [0.25, 0.3) is 11.6 Å². The number of carbonyl (C=O) groups is 2. The first-order chi connectivity index (χ1) is 14.0. The molecule has 0 spiro atoms. The lowest BCUT2D eigenvalue weighted by atomic mass is 10.00. The van der Waals surface area contributed by atoms with Crippen LogP contribution in [0.3, 0.4) is 0 Å². The van der Waals surface area contributed by atoms with Crippen LogP contribution in [0.25, 0.3) is 11.1 Å². The highest BCUT2D eigenvalue weighted by molar-refractivity contribution is 6.00. The molecule has 0 saturated heterocycles. The minimum absolute atomic E-state index is 0.0475. The first kappa shape index (κ1) is 19.8. The molecule has 0 radical (unpaired) electrons. The Kier molecular flexibility index (Phi) is 5.99. The smallest absolute Gasteiger partial charge is 0.339 e. The monoisotopic (exact) mass is 390 g/mol. The van der Waals surface area contributed by atoms with E-state index >= 15 is 0 Å². The summed E-state index contributed by atoms with van der Waals surface area (Å²) >= 11 is 0. The highest BCUT2D eigenvalue weighted by Gasteiger charge is 2.18. The van der Waals surface area contributed by atoms with Gasteiger partial charge in [0.05, 0.1) is 10.5 Å². The largest absolute Gasteiger partial charge is 0.452 e. The number of nitrogens with one attached hydrogen (secondary N) is 1. The van der Waals surface area contributed by atoms with Gasteiger partial charge in [0.15, 0.2) is 6.61 Å². The van der Waals surface area contributed by atoms with Gasteiger partial charge < -0.3 is 10.1 Å². The van der Waals surface area contributed by atoms with Crippen LogP contribution in [0.15, 0.2) is 72.8 Å². The zero-order valence-electron chi connectivity index (χ0n) is 15.6. The second-order valence-electron chi connectivity index (χ2n) is 6.31. The van der Waals surface area contributed by atoms with E-state index in [1.54, 1.807) is 31.2 Å². The maximum Gasteiger partial charge on any atom is 0.339 e. The molecule has 146 valence electrons. The Morgan fingerprint density at radius 1 is 1.00 bits per heavy atom. The molecule has 0 fully saturated rings. The van der Waals surface area contributed by atoms with Crippen molar-refractivity contribution in [1.29, 1.82) is 0 Å². The van der Waals surface area contributed by atoms with Gasteiger partial charge in [-0.1, -0.05) is 54.6 Å². The van der Waals surface area contributed by atoms with Gasteiger partial charge in [0.1, 0.15) is 5.69 Å². The van der Waals surface area contributed by atoms with Gasteiger partial charge in [-0.3, -0.25) is 14.9 Å². The van der Waals surface area contributed by atoms with Crippen LogP contribution in [0.2, 0.25) is 0 Å². The molecule has 0 aliphatic heterocycles. The number of hydrogen-bond donors (Lipinski definition) is 1. The Balaban J connectivity index is 1.70. The maximum atomic E-state index is 12.5. The fourth-order valence-electron chi connectivity index (χ4n) is 2.82. The van der Waals surface area contributed by atoms with E-state index in [1.807, 2.05) is 36.4 Å². The van der Waals surface area contributed by atoms with Gasteiger partial charge in [-0.25, -0.2) is 4.79 Å². The maximum absolute atomic E-state index is 12.5. The average Bonchev–Trinajstić information content (AvgIpc) is 2.73. The third-order valence-electron chi connectivity index (χ3n) is 4.19. The SMILES string of the molecule is Cc1ccc(NC(=O)COC(=O)c2ccccc2-c2ccccc2)c([N+](=O)[O-])c1. The summed E-state index contributed by atoms with van der Waals surface area (Å²) in [4.78, 5) is 35.2. The number of nitrogens with zero attached hydrogens (tertiary/aromatic N) is 1. The number of esters is 1.